The van der Waals surface area contributed by atoms with E-state index in [0.29, 0.717) is 0 Å². The lowest BCUT2D eigenvalue weighted by Crippen LogP contribution is -2.32. The lowest BCUT2D eigenvalue weighted by Gasteiger charge is -2.17. The second-order valence-corrected chi connectivity index (χ2v) is 4.02. The Bertz CT molecular complexity index is 172. The molecule has 4 heteroatoms. The lowest BCUT2D eigenvalue weighted by molar-refractivity contribution is -0.136. The number of nitrogens with zero attached hydrogens (tertiary/aromatic N) is 1. The summed E-state index contributed by atoms with van der Waals surface area (Å²) in [5.41, 5.74) is 5.39. The number of likely N-dealkylation sites (N-methyl/N-ethyl adjacent to an activating group) is 1. The van der Waals surface area contributed by atoms with Crippen molar-refractivity contribution in [1.82, 2.24) is 4.90 Å². The SMILES string of the molecule is CC(C)OCC(=O)N(C)CCCCCN. The van der Waals surface area contributed by atoms with Gasteiger partial charge in [0, 0.05) is 13.6 Å². The summed E-state index contributed by atoms with van der Waals surface area (Å²) in [6, 6.07) is 0. The van der Waals surface area contributed by atoms with Crippen molar-refractivity contribution >= 4 is 5.91 Å². The van der Waals surface area contributed by atoms with Crippen LogP contribution in [0.2, 0.25) is 0 Å². The first-order chi connectivity index (χ1) is 7.07. The summed E-state index contributed by atoms with van der Waals surface area (Å²) in [5, 5.41) is 0. The zero-order chi connectivity index (χ0) is 11.7. The molecule has 0 aliphatic rings. The summed E-state index contributed by atoms with van der Waals surface area (Å²) in [6.45, 7) is 5.56. The average molecular weight is 216 g/mol. The fraction of sp³-hybridized carbons (Fsp3) is 0.909. The molecule has 15 heavy (non-hydrogen) atoms. The first-order valence-electron chi connectivity index (χ1n) is 5.63. The van der Waals surface area contributed by atoms with Gasteiger partial charge in [-0.2, -0.15) is 0 Å². The van der Waals surface area contributed by atoms with Gasteiger partial charge in [0.25, 0.3) is 0 Å². The Hall–Kier alpha value is -0.610. The van der Waals surface area contributed by atoms with Gasteiger partial charge >= 0.3 is 0 Å². The van der Waals surface area contributed by atoms with Gasteiger partial charge in [-0.25, -0.2) is 0 Å². The van der Waals surface area contributed by atoms with Gasteiger partial charge in [-0.3, -0.25) is 4.79 Å². The molecule has 0 radical (unpaired) electrons. The van der Waals surface area contributed by atoms with Gasteiger partial charge in [0.2, 0.25) is 5.91 Å². The maximum absolute atomic E-state index is 11.5. The van der Waals surface area contributed by atoms with Crippen LogP contribution >= 0.6 is 0 Å². The highest BCUT2D eigenvalue weighted by atomic mass is 16.5. The average Bonchev–Trinajstić information content (AvgIpc) is 2.20. The Balaban J connectivity index is 3.51. The van der Waals surface area contributed by atoms with Crippen molar-refractivity contribution in [3.05, 3.63) is 0 Å². The molecule has 0 rings (SSSR count). The maximum Gasteiger partial charge on any atom is 0.248 e. The van der Waals surface area contributed by atoms with Gasteiger partial charge in [0.15, 0.2) is 0 Å². The first kappa shape index (κ1) is 14.4. The number of carbonyl (C=O) groups is 1. The Morgan fingerprint density at radius 1 is 1.33 bits per heavy atom. The fourth-order valence-electron chi connectivity index (χ4n) is 1.14. The number of hydrogen-bond acceptors (Lipinski definition) is 3. The second kappa shape index (κ2) is 8.68. The van der Waals surface area contributed by atoms with Crippen LogP contribution in [0, 0.1) is 0 Å². The molecular weight excluding hydrogens is 192 g/mol. The van der Waals surface area contributed by atoms with Crippen molar-refractivity contribution in [2.75, 3.05) is 26.7 Å². The van der Waals surface area contributed by atoms with Crippen molar-refractivity contribution < 1.29 is 9.53 Å². The largest absolute Gasteiger partial charge is 0.369 e. The molecule has 0 heterocycles. The molecule has 0 atom stereocenters. The van der Waals surface area contributed by atoms with E-state index in [1.807, 2.05) is 20.9 Å². The molecule has 0 spiro atoms. The minimum Gasteiger partial charge on any atom is -0.369 e. The Morgan fingerprint density at radius 2 is 2.00 bits per heavy atom. The van der Waals surface area contributed by atoms with Crippen LogP contribution in [0.1, 0.15) is 33.1 Å². The van der Waals surface area contributed by atoms with Gasteiger partial charge in [0.05, 0.1) is 6.10 Å². The third-order valence-corrected chi connectivity index (χ3v) is 2.16. The van der Waals surface area contributed by atoms with E-state index in [-0.39, 0.29) is 18.6 Å². The van der Waals surface area contributed by atoms with Crippen LogP contribution in [0.3, 0.4) is 0 Å². The van der Waals surface area contributed by atoms with Crippen molar-refractivity contribution in [2.45, 2.75) is 39.2 Å². The van der Waals surface area contributed by atoms with Gasteiger partial charge in [-0.05, 0) is 33.2 Å². The van der Waals surface area contributed by atoms with E-state index in [4.69, 9.17) is 10.5 Å². The van der Waals surface area contributed by atoms with E-state index in [2.05, 4.69) is 0 Å². The number of amides is 1. The Morgan fingerprint density at radius 3 is 2.53 bits per heavy atom. The van der Waals surface area contributed by atoms with Gasteiger partial charge in [0.1, 0.15) is 6.61 Å². The van der Waals surface area contributed by atoms with E-state index in [0.717, 1.165) is 32.4 Å². The first-order valence-corrected chi connectivity index (χ1v) is 5.63. The number of carbonyl (C=O) groups excluding carboxylic acids is 1. The lowest BCUT2D eigenvalue weighted by atomic mass is 10.2. The summed E-state index contributed by atoms with van der Waals surface area (Å²) in [6.07, 6.45) is 3.24. The molecule has 0 aromatic carbocycles. The Kier molecular flexibility index (Phi) is 8.33. The highest BCUT2D eigenvalue weighted by Gasteiger charge is 2.08. The quantitative estimate of drug-likeness (QED) is 0.616. The molecule has 0 saturated heterocycles. The molecule has 90 valence electrons. The number of hydrogen-bond donors (Lipinski definition) is 1. The predicted molar refractivity (Wildman–Crippen MR) is 61.6 cm³/mol. The molecular formula is C11H24N2O2. The zero-order valence-corrected chi connectivity index (χ0v) is 10.2. The zero-order valence-electron chi connectivity index (χ0n) is 10.2. The van der Waals surface area contributed by atoms with Crippen LogP contribution < -0.4 is 5.73 Å². The summed E-state index contributed by atoms with van der Waals surface area (Å²) in [5.74, 6) is 0.0523. The molecule has 1 amide bonds. The Labute approximate surface area is 92.8 Å². The highest BCUT2D eigenvalue weighted by molar-refractivity contribution is 5.77. The number of rotatable bonds is 8. The van der Waals surface area contributed by atoms with Crippen LogP contribution in [-0.2, 0) is 9.53 Å². The third-order valence-electron chi connectivity index (χ3n) is 2.16. The van der Waals surface area contributed by atoms with Gasteiger partial charge < -0.3 is 15.4 Å². The summed E-state index contributed by atoms with van der Waals surface area (Å²) in [7, 11) is 1.81. The second-order valence-electron chi connectivity index (χ2n) is 4.02. The van der Waals surface area contributed by atoms with Crippen LogP contribution in [0.25, 0.3) is 0 Å². The summed E-state index contributed by atoms with van der Waals surface area (Å²) >= 11 is 0. The smallest absolute Gasteiger partial charge is 0.248 e. The molecule has 4 nitrogen and oxygen atoms in total. The fourth-order valence-corrected chi connectivity index (χ4v) is 1.14. The van der Waals surface area contributed by atoms with E-state index in [9.17, 15) is 4.79 Å². The number of unbranched alkanes of at least 4 members (excludes halogenated alkanes) is 2. The molecule has 0 aliphatic heterocycles. The molecule has 0 unspecified atom stereocenters. The highest BCUT2D eigenvalue weighted by Crippen LogP contribution is 1.97. The maximum atomic E-state index is 11.5. The van der Waals surface area contributed by atoms with E-state index in [1.54, 1.807) is 4.90 Å². The van der Waals surface area contributed by atoms with Crippen LogP contribution in [-0.4, -0.2) is 43.7 Å². The molecule has 0 aliphatic carbocycles. The molecule has 0 aromatic heterocycles. The minimum absolute atomic E-state index is 0.0523. The molecule has 2 N–H and O–H groups in total. The summed E-state index contributed by atoms with van der Waals surface area (Å²) in [4.78, 5) is 13.2. The van der Waals surface area contributed by atoms with E-state index >= 15 is 0 Å². The van der Waals surface area contributed by atoms with Crippen molar-refractivity contribution in [1.29, 1.82) is 0 Å². The van der Waals surface area contributed by atoms with Crippen molar-refractivity contribution in [3.63, 3.8) is 0 Å². The van der Waals surface area contributed by atoms with Crippen molar-refractivity contribution in [3.8, 4) is 0 Å². The topological polar surface area (TPSA) is 55.6 Å². The molecule has 0 fully saturated rings. The van der Waals surface area contributed by atoms with Crippen molar-refractivity contribution in [2.24, 2.45) is 5.73 Å². The summed E-state index contributed by atoms with van der Waals surface area (Å²) < 4.78 is 5.24. The number of nitrogens with two attached hydrogens (primary N) is 1. The van der Waals surface area contributed by atoms with E-state index < -0.39 is 0 Å². The molecule has 0 aromatic rings. The number of ether oxygens (including phenoxy) is 1. The molecule has 0 saturated carbocycles. The van der Waals surface area contributed by atoms with Gasteiger partial charge in [-0.1, -0.05) is 6.42 Å². The normalized spacial score (nSPS) is 10.7. The third kappa shape index (κ3) is 8.39. The van der Waals surface area contributed by atoms with E-state index in [1.165, 1.54) is 0 Å². The van der Waals surface area contributed by atoms with Crippen LogP contribution in [0.5, 0.6) is 0 Å². The van der Waals surface area contributed by atoms with Crippen LogP contribution in [0.4, 0.5) is 0 Å². The monoisotopic (exact) mass is 216 g/mol. The molecule has 0 bridgehead atoms. The minimum atomic E-state index is 0.0523. The van der Waals surface area contributed by atoms with Gasteiger partial charge in [-0.15, -0.1) is 0 Å². The van der Waals surface area contributed by atoms with Crippen LogP contribution in [0.15, 0.2) is 0 Å². The predicted octanol–water partition coefficient (Wildman–Crippen LogP) is 0.999. The standard InChI is InChI=1S/C11H24N2O2/c1-10(2)15-9-11(14)13(3)8-6-4-5-7-12/h10H,4-9,12H2,1-3H3.